The lowest BCUT2D eigenvalue weighted by molar-refractivity contribution is 0.450. The van der Waals surface area contributed by atoms with Gasteiger partial charge in [0.2, 0.25) is 0 Å². The fraction of sp³-hybridized carbons (Fsp3) is 0.333. The first-order chi connectivity index (χ1) is 17.8. The second kappa shape index (κ2) is 10.2. The van der Waals surface area contributed by atoms with Crippen LogP contribution >= 0.6 is 23.2 Å². The van der Waals surface area contributed by atoms with Crippen molar-refractivity contribution < 1.29 is 4.39 Å². The first-order valence-corrected chi connectivity index (χ1v) is 12.9. The molecular formula is C27H26Cl2FN7. The zero-order valence-electron chi connectivity index (χ0n) is 20.5. The number of nitriles is 1. The Kier molecular flexibility index (Phi) is 6.93. The van der Waals surface area contributed by atoms with Crippen molar-refractivity contribution in [1.29, 1.82) is 5.26 Å². The van der Waals surface area contributed by atoms with Crippen molar-refractivity contribution in [3.63, 3.8) is 0 Å². The van der Waals surface area contributed by atoms with Crippen LogP contribution in [-0.4, -0.2) is 32.4 Å². The molecule has 1 aliphatic rings. The van der Waals surface area contributed by atoms with Crippen LogP contribution in [0.3, 0.4) is 0 Å². The van der Waals surface area contributed by atoms with Gasteiger partial charge in [-0.3, -0.25) is 4.98 Å². The lowest BCUT2D eigenvalue weighted by atomic mass is 9.96. The van der Waals surface area contributed by atoms with Crippen molar-refractivity contribution in [2.75, 3.05) is 23.1 Å². The Morgan fingerprint density at radius 1 is 1.24 bits per heavy atom. The zero-order chi connectivity index (χ0) is 26.2. The van der Waals surface area contributed by atoms with Gasteiger partial charge >= 0.3 is 0 Å². The van der Waals surface area contributed by atoms with Crippen LogP contribution in [0.2, 0.25) is 5.02 Å². The minimum Gasteiger partial charge on any atom is -0.383 e. The molecule has 5 rings (SSSR count). The number of aromatic nitrogens is 4. The molecule has 0 bridgehead atoms. The number of hydrogen-bond donors (Lipinski definition) is 2. The maximum Gasteiger partial charge on any atom is 0.123 e. The van der Waals surface area contributed by atoms with Gasteiger partial charge in [0.1, 0.15) is 17.6 Å². The van der Waals surface area contributed by atoms with Crippen LogP contribution in [0.15, 0.2) is 48.8 Å². The molecule has 0 amide bonds. The van der Waals surface area contributed by atoms with Crippen LogP contribution < -0.4 is 10.6 Å². The fourth-order valence-corrected chi connectivity index (χ4v) is 4.45. The summed E-state index contributed by atoms with van der Waals surface area (Å²) >= 11 is 12.8. The lowest BCUT2D eigenvalue weighted by Crippen LogP contribution is -2.25. The average molecular weight is 538 g/mol. The predicted octanol–water partition coefficient (Wildman–Crippen LogP) is 6.70. The number of alkyl halides is 1. The summed E-state index contributed by atoms with van der Waals surface area (Å²) in [6.45, 7) is 4.65. The van der Waals surface area contributed by atoms with Gasteiger partial charge in [-0.15, -0.1) is 16.7 Å². The monoisotopic (exact) mass is 537 g/mol. The van der Waals surface area contributed by atoms with Gasteiger partial charge in [0.05, 0.1) is 40.1 Å². The SMILES string of the molecule is CC(C)(CCl)CNc1c(C#N)cnc2c(Cl)cc(NC(c3ccc(F)cc3)c3cn(C4CC4)nn3)cc12. The highest BCUT2D eigenvalue weighted by Crippen LogP contribution is 2.37. The van der Waals surface area contributed by atoms with E-state index in [0.717, 1.165) is 18.4 Å². The van der Waals surface area contributed by atoms with E-state index in [1.807, 2.05) is 30.8 Å². The van der Waals surface area contributed by atoms with Crippen LogP contribution in [0, 0.1) is 22.6 Å². The molecule has 10 heteroatoms. The number of nitrogens with zero attached hydrogens (tertiary/aromatic N) is 5. The number of nitrogens with one attached hydrogen (secondary N) is 2. The van der Waals surface area contributed by atoms with E-state index in [1.54, 1.807) is 18.2 Å². The smallest absolute Gasteiger partial charge is 0.123 e. The van der Waals surface area contributed by atoms with Gasteiger partial charge in [-0.2, -0.15) is 5.26 Å². The number of hydrogen-bond acceptors (Lipinski definition) is 6. The summed E-state index contributed by atoms with van der Waals surface area (Å²) in [5.74, 6) is 0.142. The number of pyridine rings is 1. The Morgan fingerprint density at radius 2 is 2.00 bits per heavy atom. The van der Waals surface area contributed by atoms with Gasteiger partial charge in [0.15, 0.2) is 0 Å². The first-order valence-electron chi connectivity index (χ1n) is 12.0. The van der Waals surface area contributed by atoms with E-state index in [1.165, 1.54) is 18.3 Å². The number of benzene rings is 2. The van der Waals surface area contributed by atoms with Crippen molar-refractivity contribution >= 4 is 45.5 Å². The standard InChI is InChI=1S/C27H26Cl2FN7/c1-27(2,14-28)15-33-24-17(11-31)12-32-26-21(24)9-19(10-22(26)29)34-25(16-3-5-18(30)6-4-16)23-13-37(36-35-23)20-7-8-20/h3-6,9-10,12-13,20,25,34H,7-8,14-15H2,1-2H3,(H,32,33). The van der Waals surface area contributed by atoms with E-state index in [9.17, 15) is 9.65 Å². The molecule has 1 fully saturated rings. The minimum absolute atomic E-state index is 0.190. The zero-order valence-corrected chi connectivity index (χ0v) is 22.0. The van der Waals surface area contributed by atoms with Gasteiger partial charge in [-0.05, 0) is 48.1 Å². The third-order valence-electron chi connectivity index (χ3n) is 6.41. The second-order valence-corrected chi connectivity index (χ2v) is 10.8. The fourth-order valence-electron chi connectivity index (χ4n) is 4.08. The predicted molar refractivity (Wildman–Crippen MR) is 145 cm³/mol. The molecule has 0 radical (unpaired) electrons. The normalized spacial score (nSPS) is 14.4. The Balaban J connectivity index is 1.56. The van der Waals surface area contributed by atoms with Gasteiger partial charge in [-0.25, -0.2) is 9.07 Å². The van der Waals surface area contributed by atoms with Crippen LogP contribution in [0.5, 0.6) is 0 Å². The summed E-state index contributed by atoms with van der Waals surface area (Å²) in [4.78, 5) is 4.44. The first kappa shape index (κ1) is 25.2. The van der Waals surface area contributed by atoms with Crippen molar-refractivity contribution in [2.45, 2.75) is 38.8 Å². The number of fused-ring (bicyclic) bond motifs is 1. The minimum atomic E-state index is -0.402. The van der Waals surface area contributed by atoms with Crippen LogP contribution in [-0.2, 0) is 0 Å². The van der Waals surface area contributed by atoms with Crippen molar-refractivity contribution in [2.24, 2.45) is 5.41 Å². The Hall–Kier alpha value is -3.41. The number of halogens is 3. The highest BCUT2D eigenvalue weighted by molar-refractivity contribution is 6.35. The van der Waals surface area contributed by atoms with E-state index in [0.29, 0.717) is 57.0 Å². The van der Waals surface area contributed by atoms with E-state index < -0.39 is 6.04 Å². The molecule has 4 aromatic rings. The molecule has 1 saturated carbocycles. The molecule has 2 aromatic carbocycles. The topological polar surface area (TPSA) is 91.5 Å². The van der Waals surface area contributed by atoms with Crippen LogP contribution in [0.25, 0.3) is 10.9 Å². The Morgan fingerprint density at radius 3 is 2.68 bits per heavy atom. The molecule has 190 valence electrons. The molecule has 1 aliphatic carbocycles. The second-order valence-electron chi connectivity index (χ2n) is 10.1. The highest BCUT2D eigenvalue weighted by Gasteiger charge is 2.27. The van der Waals surface area contributed by atoms with Gasteiger partial charge < -0.3 is 10.6 Å². The molecule has 0 spiro atoms. The summed E-state index contributed by atoms with van der Waals surface area (Å²) in [7, 11) is 0. The molecule has 0 aliphatic heterocycles. The van der Waals surface area contributed by atoms with E-state index in [2.05, 4.69) is 32.0 Å². The maximum atomic E-state index is 13.7. The molecule has 2 aromatic heterocycles. The maximum absolute atomic E-state index is 13.7. The lowest BCUT2D eigenvalue weighted by Gasteiger charge is -2.24. The third kappa shape index (κ3) is 5.48. The summed E-state index contributed by atoms with van der Waals surface area (Å²) in [6, 6.07) is 12.2. The summed E-state index contributed by atoms with van der Waals surface area (Å²) in [5, 5.41) is 26.5. The summed E-state index contributed by atoms with van der Waals surface area (Å²) in [5.41, 5.74) is 3.68. The quantitative estimate of drug-likeness (QED) is 0.230. The Bertz CT molecular complexity index is 1470. The van der Waals surface area contributed by atoms with Crippen molar-refractivity contribution in [3.8, 4) is 6.07 Å². The molecule has 2 heterocycles. The molecular weight excluding hydrogens is 512 g/mol. The van der Waals surface area contributed by atoms with Gasteiger partial charge in [0, 0.05) is 29.7 Å². The van der Waals surface area contributed by atoms with Crippen LogP contribution in [0.4, 0.5) is 15.8 Å². The summed E-state index contributed by atoms with van der Waals surface area (Å²) < 4.78 is 15.6. The van der Waals surface area contributed by atoms with Crippen LogP contribution in [0.1, 0.15) is 55.6 Å². The molecule has 2 N–H and O–H groups in total. The molecule has 7 nitrogen and oxygen atoms in total. The largest absolute Gasteiger partial charge is 0.383 e. The number of anilines is 2. The summed E-state index contributed by atoms with van der Waals surface area (Å²) in [6.07, 6.45) is 5.62. The van der Waals surface area contributed by atoms with Gasteiger partial charge in [-0.1, -0.05) is 42.8 Å². The van der Waals surface area contributed by atoms with E-state index in [-0.39, 0.29) is 11.2 Å². The molecule has 1 unspecified atom stereocenters. The number of rotatable bonds is 9. The molecule has 1 atom stereocenters. The van der Waals surface area contributed by atoms with Gasteiger partial charge in [0.25, 0.3) is 0 Å². The van der Waals surface area contributed by atoms with Crippen molar-refractivity contribution in [3.05, 3.63) is 76.5 Å². The van der Waals surface area contributed by atoms with Crippen molar-refractivity contribution in [1.82, 2.24) is 20.0 Å². The average Bonchev–Trinajstić information content (AvgIpc) is 3.63. The van der Waals surface area contributed by atoms with E-state index >= 15 is 0 Å². The molecule has 37 heavy (non-hydrogen) atoms. The van der Waals surface area contributed by atoms with E-state index in [4.69, 9.17) is 23.2 Å². The highest BCUT2D eigenvalue weighted by atomic mass is 35.5. The Labute approximate surface area is 224 Å². The molecule has 0 saturated heterocycles. The third-order valence-corrected chi connectivity index (χ3v) is 7.42.